The van der Waals surface area contributed by atoms with Gasteiger partial charge in [0.15, 0.2) is 0 Å². The Morgan fingerprint density at radius 2 is 2.36 bits per heavy atom. The lowest BCUT2D eigenvalue weighted by Gasteiger charge is -1.99. The number of thioether (sulfide) groups is 1. The van der Waals surface area contributed by atoms with E-state index in [-0.39, 0.29) is 17.6 Å². The average molecular weight is 213 g/mol. The second-order valence-electron chi connectivity index (χ2n) is 2.68. The Labute approximate surface area is 86.0 Å². The SMILES string of the molecule is CC(=O)NC(=O)CSCc1ccco1. The van der Waals surface area contributed by atoms with E-state index in [1.54, 1.807) is 12.3 Å². The van der Waals surface area contributed by atoms with Crippen molar-refractivity contribution in [2.45, 2.75) is 12.7 Å². The molecule has 0 saturated carbocycles. The number of amides is 2. The minimum Gasteiger partial charge on any atom is -0.468 e. The number of carbonyl (C=O) groups is 2. The van der Waals surface area contributed by atoms with Gasteiger partial charge in [0.25, 0.3) is 0 Å². The lowest BCUT2D eigenvalue weighted by molar-refractivity contribution is -0.127. The smallest absolute Gasteiger partial charge is 0.236 e. The van der Waals surface area contributed by atoms with Gasteiger partial charge >= 0.3 is 0 Å². The third-order valence-electron chi connectivity index (χ3n) is 1.37. The van der Waals surface area contributed by atoms with Gasteiger partial charge in [-0.25, -0.2) is 0 Å². The summed E-state index contributed by atoms with van der Waals surface area (Å²) in [6, 6.07) is 3.64. The van der Waals surface area contributed by atoms with E-state index in [4.69, 9.17) is 4.42 Å². The van der Waals surface area contributed by atoms with Crippen LogP contribution in [-0.4, -0.2) is 17.6 Å². The topological polar surface area (TPSA) is 59.3 Å². The first kappa shape index (κ1) is 10.8. The van der Waals surface area contributed by atoms with Crippen LogP contribution in [0.15, 0.2) is 22.8 Å². The number of furan rings is 1. The van der Waals surface area contributed by atoms with Crippen LogP contribution in [0.3, 0.4) is 0 Å². The van der Waals surface area contributed by atoms with Crippen LogP contribution in [0.5, 0.6) is 0 Å². The summed E-state index contributed by atoms with van der Waals surface area (Å²) in [6.07, 6.45) is 1.59. The van der Waals surface area contributed by atoms with Crippen molar-refractivity contribution in [2.75, 3.05) is 5.75 Å². The molecule has 5 heteroatoms. The minimum atomic E-state index is -0.325. The molecule has 0 unspecified atom stereocenters. The summed E-state index contributed by atoms with van der Waals surface area (Å²) < 4.78 is 5.08. The Morgan fingerprint density at radius 1 is 1.57 bits per heavy atom. The van der Waals surface area contributed by atoms with E-state index in [2.05, 4.69) is 5.32 Å². The van der Waals surface area contributed by atoms with Gasteiger partial charge in [-0.15, -0.1) is 11.8 Å². The molecule has 1 rings (SSSR count). The van der Waals surface area contributed by atoms with Crippen LogP contribution >= 0.6 is 11.8 Å². The summed E-state index contributed by atoms with van der Waals surface area (Å²) >= 11 is 1.40. The first-order chi connectivity index (χ1) is 6.68. The van der Waals surface area contributed by atoms with E-state index in [1.165, 1.54) is 18.7 Å². The fourth-order valence-corrected chi connectivity index (χ4v) is 1.60. The second-order valence-corrected chi connectivity index (χ2v) is 3.66. The van der Waals surface area contributed by atoms with E-state index in [0.29, 0.717) is 5.75 Å². The van der Waals surface area contributed by atoms with E-state index in [0.717, 1.165) is 5.76 Å². The number of imide groups is 1. The maximum atomic E-state index is 11.0. The standard InChI is InChI=1S/C9H11NO3S/c1-7(11)10-9(12)6-14-5-8-3-2-4-13-8/h2-4H,5-6H2,1H3,(H,10,11,12). The molecule has 1 aromatic rings. The molecule has 0 aliphatic rings. The van der Waals surface area contributed by atoms with E-state index < -0.39 is 0 Å². The van der Waals surface area contributed by atoms with Crippen LogP contribution in [-0.2, 0) is 15.3 Å². The molecule has 0 radical (unpaired) electrons. The van der Waals surface area contributed by atoms with Gasteiger partial charge < -0.3 is 4.42 Å². The maximum Gasteiger partial charge on any atom is 0.236 e. The van der Waals surface area contributed by atoms with Crippen molar-refractivity contribution in [3.63, 3.8) is 0 Å². The molecule has 0 aromatic carbocycles. The van der Waals surface area contributed by atoms with Crippen LogP contribution in [0.4, 0.5) is 0 Å². The van der Waals surface area contributed by atoms with Crippen molar-refractivity contribution in [1.29, 1.82) is 0 Å². The Kier molecular flexibility index (Phi) is 4.25. The van der Waals surface area contributed by atoms with Gasteiger partial charge in [-0.3, -0.25) is 14.9 Å². The van der Waals surface area contributed by atoms with E-state index in [1.807, 2.05) is 6.07 Å². The fourth-order valence-electron chi connectivity index (χ4n) is 0.871. The molecule has 0 aliphatic heterocycles. The van der Waals surface area contributed by atoms with Crippen LogP contribution in [0.2, 0.25) is 0 Å². The highest BCUT2D eigenvalue weighted by molar-refractivity contribution is 7.99. The number of hydrogen-bond donors (Lipinski definition) is 1. The highest BCUT2D eigenvalue weighted by Crippen LogP contribution is 2.11. The molecular formula is C9H11NO3S. The van der Waals surface area contributed by atoms with Crippen molar-refractivity contribution >= 4 is 23.6 Å². The fraction of sp³-hybridized carbons (Fsp3) is 0.333. The van der Waals surface area contributed by atoms with Gasteiger partial charge in [0, 0.05) is 6.92 Å². The zero-order chi connectivity index (χ0) is 10.4. The molecule has 1 N–H and O–H groups in total. The molecule has 0 fully saturated rings. The summed E-state index contributed by atoms with van der Waals surface area (Å²) in [5, 5.41) is 2.19. The van der Waals surface area contributed by atoms with Gasteiger partial charge in [0.05, 0.1) is 17.8 Å². The molecule has 0 atom stereocenters. The minimum absolute atomic E-state index is 0.264. The Balaban J connectivity index is 2.15. The molecular weight excluding hydrogens is 202 g/mol. The average Bonchev–Trinajstić information content (AvgIpc) is 2.55. The van der Waals surface area contributed by atoms with Crippen molar-refractivity contribution in [1.82, 2.24) is 5.32 Å². The van der Waals surface area contributed by atoms with Gasteiger partial charge in [-0.05, 0) is 12.1 Å². The molecule has 76 valence electrons. The predicted octanol–water partition coefficient (Wildman–Crippen LogP) is 1.18. The number of rotatable bonds is 4. The molecule has 1 heterocycles. The summed E-state index contributed by atoms with van der Waals surface area (Å²) in [7, 11) is 0. The zero-order valence-corrected chi connectivity index (χ0v) is 8.60. The first-order valence-corrected chi connectivity index (χ1v) is 5.24. The van der Waals surface area contributed by atoms with Crippen molar-refractivity contribution < 1.29 is 14.0 Å². The third kappa shape index (κ3) is 4.13. The quantitative estimate of drug-likeness (QED) is 0.815. The number of carbonyl (C=O) groups excluding carboxylic acids is 2. The molecule has 4 nitrogen and oxygen atoms in total. The molecule has 1 aromatic heterocycles. The normalized spacial score (nSPS) is 9.79. The van der Waals surface area contributed by atoms with Crippen LogP contribution in [0.25, 0.3) is 0 Å². The van der Waals surface area contributed by atoms with Crippen LogP contribution in [0, 0.1) is 0 Å². The number of nitrogens with one attached hydrogen (secondary N) is 1. The van der Waals surface area contributed by atoms with E-state index >= 15 is 0 Å². The number of hydrogen-bond acceptors (Lipinski definition) is 4. The summed E-state index contributed by atoms with van der Waals surface area (Å²) in [6.45, 7) is 1.31. The third-order valence-corrected chi connectivity index (χ3v) is 2.33. The molecule has 0 bridgehead atoms. The summed E-state index contributed by atoms with van der Waals surface area (Å²) in [5.74, 6) is 1.13. The van der Waals surface area contributed by atoms with Crippen LogP contribution < -0.4 is 5.32 Å². The highest BCUT2D eigenvalue weighted by atomic mass is 32.2. The summed E-state index contributed by atoms with van der Waals surface area (Å²) in [5.41, 5.74) is 0. The second kappa shape index (κ2) is 5.49. The molecule has 14 heavy (non-hydrogen) atoms. The Hall–Kier alpha value is -1.23. The van der Waals surface area contributed by atoms with E-state index in [9.17, 15) is 9.59 Å². The van der Waals surface area contributed by atoms with Gasteiger partial charge in [0.2, 0.25) is 11.8 Å². The largest absolute Gasteiger partial charge is 0.468 e. The Morgan fingerprint density at radius 3 is 2.93 bits per heavy atom. The lowest BCUT2D eigenvalue weighted by Crippen LogP contribution is -2.29. The monoisotopic (exact) mass is 213 g/mol. The molecule has 0 spiro atoms. The summed E-state index contributed by atoms with van der Waals surface area (Å²) in [4.78, 5) is 21.5. The van der Waals surface area contributed by atoms with Crippen molar-refractivity contribution in [3.8, 4) is 0 Å². The molecule has 2 amide bonds. The van der Waals surface area contributed by atoms with Crippen molar-refractivity contribution in [3.05, 3.63) is 24.2 Å². The van der Waals surface area contributed by atoms with Gasteiger partial charge in [-0.2, -0.15) is 0 Å². The highest BCUT2D eigenvalue weighted by Gasteiger charge is 2.04. The lowest BCUT2D eigenvalue weighted by atomic mass is 10.5. The predicted molar refractivity (Wildman–Crippen MR) is 53.7 cm³/mol. The molecule has 0 aliphatic carbocycles. The maximum absolute atomic E-state index is 11.0. The molecule has 0 saturated heterocycles. The van der Waals surface area contributed by atoms with Crippen molar-refractivity contribution in [2.24, 2.45) is 0 Å². The zero-order valence-electron chi connectivity index (χ0n) is 7.78. The van der Waals surface area contributed by atoms with Crippen LogP contribution in [0.1, 0.15) is 12.7 Å². The first-order valence-electron chi connectivity index (χ1n) is 4.09. The van der Waals surface area contributed by atoms with Gasteiger partial charge in [0.1, 0.15) is 5.76 Å². The Bertz CT molecular complexity index is 308. The van der Waals surface area contributed by atoms with Gasteiger partial charge in [-0.1, -0.05) is 0 Å².